The van der Waals surface area contributed by atoms with Crippen LogP contribution in [0.3, 0.4) is 0 Å². The SMILES string of the molecule is CN(C1CCOC1)S(=O)(=O)c1ccc(CN)cc1. The summed E-state index contributed by atoms with van der Waals surface area (Å²) in [4.78, 5) is 0.300. The Bertz CT molecular complexity index is 493. The van der Waals surface area contributed by atoms with Gasteiger partial charge in [-0.3, -0.25) is 0 Å². The van der Waals surface area contributed by atoms with Crippen molar-refractivity contribution in [3.8, 4) is 0 Å². The molecule has 1 aliphatic heterocycles. The standard InChI is InChI=1S/C12H18N2O3S/c1-14(11-6-7-17-9-11)18(15,16)12-4-2-10(8-13)3-5-12/h2-5,11H,6-9,13H2,1H3. The van der Waals surface area contributed by atoms with Crippen molar-refractivity contribution >= 4 is 10.0 Å². The molecule has 1 unspecified atom stereocenters. The zero-order valence-corrected chi connectivity index (χ0v) is 11.2. The molecule has 0 aliphatic carbocycles. The molecule has 100 valence electrons. The average Bonchev–Trinajstić information content (AvgIpc) is 2.91. The van der Waals surface area contributed by atoms with E-state index in [0.717, 1.165) is 12.0 Å². The highest BCUT2D eigenvalue weighted by molar-refractivity contribution is 7.89. The molecule has 1 saturated heterocycles. The van der Waals surface area contributed by atoms with Crippen LogP contribution in [0.5, 0.6) is 0 Å². The highest BCUT2D eigenvalue weighted by Gasteiger charge is 2.30. The number of hydrogen-bond donors (Lipinski definition) is 1. The Morgan fingerprint density at radius 2 is 2.06 bits per heavy atom. The second kappa shape index (κ2) is 5.36. The van der Waals surface area contributed by atoms with Crippen molar-refractivity contribution in [2.24, 2.45) is 5.73 Å². The van der Waals surface area contributed by atoms with Gasteiger partial charge in [0, 0.05) is 20.2 Å². The summed E-state index contributed by atoms with van der Waals surface area (Å²) in [6, 6.07) is 6.62. The largest absolute Gasteiger partial charge is 0.380 e. The van der Waals surface area contributed by atoms with Crippen molar-refractivity contribution < 1.29 is 13.2 Å². The van der Waals surface area contributed by atoms with E-state index in [-0.39, 0.29) is 6.04 Å². The van der Waals surface area contributed by atoms with Crippen LogP contribution in [-0.4, -0.2) is 39.0 Å². The van der Waals surface area contributed by atoms with Gasteiger partial charge in [0.1, 0.15) is 0 Å². The number of nitrogens with zero attached hydrogens (tertiary/aromatic N) is 1. The molecule has 0 aromatic heterocycles. The van der Waals surface area contributed by atoms with Crippen molar-refractivity contribution in [2.45, 2.75) is 23.9 Å². The first-order valence-corrected chi connectivity index (χ1v) is 7.34. The topological polar surface area (TPSA) is 72.6 Å². The summed E-state index contributed by atoms with van der Waals surface area (Å²) in [6.07, 6.45) is 0.747. The molecule has 1 heterocycles. The molecule has 1 fully saturated rings. The number of nitrogens with two attached hydrogens (primary N) is 1. The van der Waals surface area contributed by atoms with Crippen molar-refractivity contribution in [3.63, 3.8) is 0 Å². The molecular formula is C12H18N2O3S. The minimum atomic E-state index is -3.43. The van der Waals surface area contributed by atoms with Gasteiger partial charge in [-0.25, -0.2) is 8.42 Å². The smallest absolute Gasteiger partial charge is 0.243 e. The molecule has 6 heteroatoms. The van der Waals surface area contributed by atoms with E-state index in [2.05, 4.69) is 0 Å². The number of benzene rings is 1. The number of hydrogen-bond acceptors (Lipinski definition) is 4. The maximum atomic E-state index is 12.4. The van der Waals surface area contributed by atoms with Crippen LogP contribution in [0.15, 0.2) is 29.2 Å². The van der Waals surface area contributed by atoms with Crippen LogP contribution < -0.4 is 5.73 Å². The molecule has 1 aliphatic rings. The third-order valence-corrected chi connectivity index (χ3v) is 5.18. The van der Waals surface area contributed by atoms with Gasteiger partial charge in [0.2, 0.25) is 10.0 Å². The summed E-state index contributed by atoms with van der Waals surface area (Å²) in [5.74, 6) is 0. The van der Waals surface area contributed by atoms with Crippen LogP contribution >= 0.6 is 0 Å². The number of likely N-dealkylation sites (N-methyl/N-ethyl adjacent to an activating group) is 1. The Hall–Kier alpha value is -0.950. The van der Waals surface area contributed by atoms with E-state index in [1.54, 1.807) is 31.3 Å². The molecule has 0 amide bonds. The Morgan fingerprint density at radius 1 is 1.39 bits per heavy atom. The van der Waals surface area contributed by atoms with Crippen LogP contribution in [0.25, 0.3) is 0 Å². The van der Waals surface area contributed by atoms with E-state index >= 15 is 0 Å². The fourth-order valence-corrected chi connectivity index (χ4v) is 3.34. The van der Waals surface area contributed by atoms with Crippen LogP contribution in [0.2, 0.25) is 0 Å². The summed E-state index contributed by atoms with van der Waals surface area (Å²) in [5, 5.41) is 0. The zero-order chi connectivity index (χ0) is 13.2. The van der Waals surface area contributed by atoms with Gasteiger partial charge in [0.05, 0.1) is 17.5 Å². The predicted octanol–water partition coefficient (Wildman–Crippen LogP) is 0.555. The Kier molecular flexibility index (Phi) is 4.01. The Labute approximate surface area is 108 Å². The fourth-order valence-electron chi connectivity index (χ4n) is 1.97. The molecule has 0 spiro atoms. The van der Waals surface area contributed by atoms with Gasteiger partial charge in [-0.15, -0.1) is 0 Å². The van der Waals surface area contributed by atoms with Crippen molar-refractivity contribution in [1.82, 2.24) is 4.31 Å². The van der Waals surface area contributed by atoms with Crippen LogP contribution in [0, 0.1) is 0 Å². The second-order valence-corrected chi connectivity index (χ2v) is 6.38. The molecule has 0 saturated carbocycles. The van der Waals surface area contributed by atoms with Crippen molar-refractivity contribution in [3.05, 3.63) is 29.8 Å². The molecule has 18 heavy (non-hydrogen) atoms. The van der Waals surface area contributed by atoms with Crippen molar-refractivity contribution in [2.75, 3.05) is 20.3 Å². The monoisotopic (exact) mass is 270 g/mol. The molecule has 1 aromatic rings. The van der Waals surface area contributed by atoms with E-state index in [0.29, 0.717) is 24.7 Å². The van der Waals surface area contributed by atoms with E-state index in [1.165, 1.54) is 4.31 Å². The lowest BCUT2D eigenvalue weighted by atomic mass is 10.2. The summed E-state index contributed by atoms with van der Waals surface area (Å²) < 4.78 is 31.3. The molecule has 0 bridgehead atoms. The van der Waals surface area contributed by atoms with E-state index in [1.807, 2.05) is 0 Å². The van der Waals surface area contributed by atoms with Crippen LogP contribution in [-0.2, 0) is 21.3 Å². The van der Waals surface area contributed by atoms with Gasteiger partial charge in [-0.05, 0) is 24.1 Å². The highest BCUT2D eigenvalue weighted by Crippen LogP contribution is 2.21. The van der Waals surface area contributed by atoms with Gasteiger partial charge < -0.3 is 10.5 Å². The maximum Gasteiger partial charge on any atom is 0.243 e. The first-order valence-electron chi connectivity index (χ1n) is 5.90. The van der Waals surface area contributed by atoms with Crippen LogP contribution in [0.4, 0.5) is 0 Å². The number of ether oxygens (including phenoxy) is 1. The number of rotatable bonds is 4. The molecule has 0 radical (unpaired) electrons. The fraction of sp³-hybridized carbons (Fsp3) is 0.500. The lowest BCUT2D eigenvalue weighted by Gasteiger charge is -2.22. The lowest BCUT2D eigenvalue weighted by Crippen LogP contribution is -2.37. The number of sulfonamides is 1. The lowest BCUT2D eigenvalue weighted by molar-refractivity contribution is 0.181. The van der Waals surface area contributed by atoms with Gasteiger partial charge in [0.25, 0.3) is 0 Å². The molecule has 1 atom stereocenters. The third kappa shape index (κ3) is 2.56. The van der Waals surface area contributed by atoms with E-state index < -0.39 is 10.0 Å². The highest BCUT2D eigenvalue weighted by atomic mass is 32.2. The zero-order valence-electron chi connectivity index (χ0n) is 10.4. The normalized spacial score (nSPS) is 20.5. The molecule has 2 rings (SSSR count). The first kappa shape index (κ1) is 13.5. The Balaban J connectivity index is 2.23. The minimum absolute atomic E-state index is 0.0656. The van der Waals surface area contributed by atoms with E-state index in [9.17, 15) is 8.42 Å². The quantitative estimate of drug-likeness (QED) is 0.867. The van der Waals surface area contributed by atoms with Gasteiger partial charge in [-0.1, -0.05) is 12.1 Å². The second-order valence-electron chi connectivity index (χ2n) is 4.39. The van der Waals surface area contributed by atoms with E-state index in [4.69, 9.17) is 10.5 Å². The molecule has 1 aromatic carbocycles. The third-order valence-electron chi connectivity index (χ3n) is 3.26. The van der Waals surface area contributed by atoms with Gasteiger partial charge in [0.15, 0.2) is 0 Å². The Morgan fingerprint density at radius 3 is 2.56 bits per heavy atom. The molecule has 2 N–H and O–H groups in total. The van der Waals surface area contributed by atoms with Crippen molar-refractivity contribution in [1.29, 1.82) is 0 Å². The predicted molar refractivity (Wildman–Crippen MR) is 68.5 cm³/mol. The summed E-state index contributed by atoms with van der Waals surface area (Å²) in [7, 11) is -1.83. The average molecular weight is 270 g/mol. The molecule has 5 nitrogen and oxygen atoms in total. The van der Waals surface area contributed by atoms with Crippen LogP contribution in [0.1, 0.15) is 12.0 Å². The minimum Gasteiger partial charge on any atom is -0.380 e. The molecular weight excluding hydrogens is 252 g/mol. The van der Waals surface area contributed by atoms with Gasteiger partial charge in [-0.2, -0.15) is 4.31 Å². The summed E-state index contributed by atoms with van der Waals surface area (Å²) in [5.41, 5.74) is 6.41. The summed E-state index contributed by atoms with van der Waals surface area (Å²) >= 11 is 0. The first-order chi connectivity index (χ1) is 8.55. The maximum absolute atomic E-state index is 12.4. The van der Waals surface area contributed by atoms with Gasteiger partial charge >= 0.3 is 0 Å². The summed E-state index contributed by atoms with van der Waals surface area (Å²) in [6.45, 7) is 1.50.